The monoisotopic (exact) mass is 204 g/mol. The molecule has 0 radical (unpaired) electrons. The minimum Gasteiger partial charge on any atom is -0.386 e. The van der Waals surface area contributed by atoms with Crippen molar-refractivity contribution >= 4 is 0 Å². The SMILES string of the molecule is C=C(N)N.Cc1ccc2c(c1)CC(C)C2. The number of nitrogens with two attached hydrogens (primary N) is 2. The molecule has 0 saturated carbocycles. The Morgan fingerprint density at radius 3 is 2.40 bits per heavy atom. The van der Waals surface area contributed by atoms with Crippen LogP contribution in [0.15, 0.2) is 30.6 Å². The van der Waals surface area contributed by atoms with Gasteiger partial charge in [-0.1, -0.05) is 37.3 Å². The van der Waals surface area contributed by atoms with Crippen LogP contribution in [-0.4, -0.2) is 0 Å². The van der Waals surface area contributed by atoms with E-state index < -0.39 is 0 Å². The van der Waals surface area contributed by atoms with Gasteiger partial charge in [0.15, 0.2) is 0 Å². The second kappa shape index (κ2) is 4.87. The van der Waals surface area contributed by atoms with E-state index in [1.54, 1.807) is 11.1 Å². The van der Waals surface area contributed by atoms with Gasteiger partial charge >= 0.3 is 0 Å². The van der Waals surface area contributed by atoms with Crippen molar-refractivity contribution in [3.05, 3.63) is 47.3 Å². The molecule has 0 heterocycles. The highest BCUT2D eigenvalue weighted by atomic mass is 14.8. The molecule has 2 rings (SSSR count). The molecule has 0 aliphatic heterocycles. The third kappa shape index (κ3) is 3.66. The van der Waals surface area contributed by atoms with E-state index in [-0.39, 0.29) is 5.82 Å². The van der Waals surface area contributed by atoms with Crippen LogP contribution >= 0.6 is 0 Å². The van der Waals surface area contributed by atoms with Crippen molar-refractivity contribution in [1.29, 1.82) is 0 Å². The number of hydrogen-bond acceptors (Lipinski definition) is 2. The first-order valence-corrected chi connectivity index (χ1v) is 5.27. The van der Waals surface area contributed by atoms with Gasteiger partial charge < -0.3 is 11.5 Å². The average molecular weight is 204 g/mol. The van der Waals surface area contributed by atoms with E-state index >= 15 is 0 Å². The zero-order valence-electron chi connectivity index (χ0n) is 9.59. The van der Waals surface area contributed by atoms with Crippen LogP contribution in [0.4, 0.5) is 0 Å². The van der Waals surface area contributed by atoms with Crippen LogP contribution in [0.2, 0.25) is 0 Å². The highest BCUT2D eigenvalue weighted by Crippen LogP contribution is 2.26. The van der Waals surface area contributed by atoms with Crippen molar-refractivity contribution < 1.29 is 0 Å². The third-order valence-corrected chi connectivity index (χ3v) is 2.50. The lowest BCUT2D eigenvalue weighted by Crippen LogP contribution is -2.04. The van der Waals surface area contributed by atoms with E-state index in [1.807, 2.05) is 0 Å². The number of hydrogen-bond donors (Lipinski definition) is 2. The molecule has 0 bridgehead atoms. The predicted octanol–water partition coefficient (Wildman–Crippen LogP) is 2.10. The largest absolute Gasteiger partial charge is 0.386 e. The first kappa shape index (κ1) is 11.6. The Morgan fingerprint density at radius 2 is 1.80 bits per heavy atom. The Hall–Kier alpha value is -1.44. The molecule has 1 atom stereocenters. The Labute approximate surface area is 92.0 Å². The maximum absolute atomic E-state index is 4.69. The average Bonchev–Trinajstić information content (AvgIpc) is 2.42. The van der Waals surface area contributed by atoms with Gasteiger partial charge in [-0.3, -0.25) is 0 Å². The van der Waals surface area contributed by atoms with E-state index in [9.17, 15) is 0 Å². The zero-order chi connectivity index (χ0) is 11.4. The molecule has 82 valence electrons. The van der Waals surface area contributed by atoms with Crippen LogP contribution in [-0.2, 0) is 12.8 Å². The summed E-state index contributed by atoms with van der Waals surface area (Å²) < 4.78 is 0. The van der Waals surface area contributed by atoms with Crippen LogP contribution in [0.25, 0.3) is 0 Å². The highest BCUT2D eigenvalue weighted by molar-refractivity contribution is 5.35. The summed E-state index contributed by atoms with van der Waals surface area (Å²) >= 11 is 0. The number of rotatable bonds is 0. The molecule has 15 heavy (non-hydrogen) atoms. The lowest BCUT2D eigenvalue weighted by molar-refractivity contribution is 0.628. The van der Waals surface area contributed by atoms with Crippen molar-refractivity contribution in [1.82, 2.24) is 0 Å². The lowest BCUT2D eigenvalue weighted by Gasteiger charge is -1.98. The van der Waals surface area contributed by atoms with E-state index in [2.05, 4.69) is 38.6 Å². The fourth-order valence-electron chi connectivity index (χ4n) is 1.97. The highest BCUT2D eigenvalue weighted by Gasteiger charge is 2.16. The molecule has 0 spiro atoms. The van der Waals surface area contributed by atoms with Gasteiger partial charge in [-0.05, 0) is 36.8 Å². The van der Waals surface area contributed by atoms with Crippen molar-refractivity contribution in [2.45, 2.75) is 26.7 Å². The number of benzene rings is 1. The quantitative estimate of drug-likeness (QED) is 0.680. The smallest absolute Gasteiger partial charge is 0.0859 e. The minimum atomic E-state index is 0.167. The van der Waals surface area contributed by atoms with Crippen LogP contribution in [0.3, 0.4) is 0 Å². The summed E-state index contributed by atoms with van der Waals surface area (Å²) in [6, 6.07) is 6.84. The number of aryl methyl sites for hydroxylation is 1. The molecule has 0 aromatic heterocycles. The molecule has 0 amide bonds. The molecule has 1 aliphatic rings. The molecule has 1 aromatic rings. The molecule has 4 N–H and O–H groups in total. The second-order valence-electron chi connectivity index (χ2n) is 4.36. The molecular weight excluding hydrogens is 184 g/mol. The van der Waals surface area contributed by atoms with Gasteiger partial charge in [0.25, 0.3) is 0 Å². The summed E-state index contributed by atoms with van der Waals surface area (Å²) in [4.78, 5) is 0. The molecule has 2 nitrogen and oxygen atoms in total. The Kier molecular flexibility index (Phi) is 3.78. The predicted molar refractivity (Wildman–Crippen MR) is 65.3 cm³/mol. The van der Waals surface area contributed by atoms with Crippen LogP contribution in [0.1, 0.15) is 23.6 Å². The maximum Gasteiger partial charge on any atom is 0.0859 e. The molecule has 0 saturated heterocycles. The minimum absolute atomic E-state index is 0.167. The van der Waals surface area contributed by atoms with Crippen LogP contribution in [0.5, 0.6) is 0 Å². The van der Waals surface area contributed by atoms with E-state index in [1.165, 1.54) is 18.4 Å². The molecule has 1 aromatic carbocycles. The summed E-state index contributed by atoms with van der Waals surface area (Å²) in [6.45, 7) is 7.61. The first-order chi connectivity index (χ1) is 6.99. The second-order valence-corrected chi connectivity index (χ2v) is 4.36. The van der Waals surface area contributed by atoms with Gasteiger partial charge in [-0.25, -0.2) is 0 Å². The molecule has 2 heteroatoms. The van der Waals surface area contributed by atoms with E-state index in [4.69, 9.17) is 11.5 Å². The lowest BCUT2D eigenvalue weighted by atomic mass is 10.1. The molecule has 1 unspecified atom stereocenters. The summed E-state index contributed by atoms with van der Waals surface area (Å²) in [5.41, 5.74) is 13.9. The summed E-state index contributed by atoms with van der Waals surface area (Å²) in [5.74, 6) is 1.03. The van der Waals surface area contributed by atoms with Gasteiger partial charge in [0.2, 0.25) is 0 Å². The van der Waals surface area contributed by atoms with E-state index in [0.717, 1.165) is 5.92 Å². The van der Waals surface area contributed by atoms with Crippen molar-refractivity contribution in [3.63, 3.8) is 0 Å². The summed E-state index contributed by atoms with van der Waals surface area (Å²) in [5, 5.41) is 0. The van der Waals surface area contributed by atoms with Gasteiger partial charge in [0.1, 0.15) is 0 Å². The topological polar surface area (TPSA) is 52.0 Å². The van der Waals surface area contributed by atoms with Gasteiger partial charge in [0, 0.05) is 0 Å². The zero-order valence-corrected chi connectivity index (χ0v) is 9.59. The van der Waals surface area contributed by atoms with Gasteiger partial charge in [-0.2, -0.15) is 0 Å². The van der Waals surface area contributed by atoms with Crippen molar-refractivity contribution in [3.8, 4) is 0 Å². The molecular formula is C13H20N2. The summed E-state index contributed by atoms with van der Waals surface area (Å²) in [7, 11) is 0. The standard InChI is InChI=1S/C11H14.C2H6N2/c1-8-3-4-10-6-9(2)7-11(10)5-8;1-2(3)4/h3-5,9H,6-7H2,1-2H3;1,3-4H2. The Balaban J connectivity index is 0.000000245. The van der Waals surface area contributed by atoms with Crippen LogP contribution < -0.4 is 11.5 Å². The van der Waals surface area contributed by atoms with E-state index in [0.29, 0.717) is 0 Å². The fourth-order valence-corrected chi connectivity index (χ4v) is 1.97. The van der Waals surface area contributed by atoms with Crippen molar-refractivity contribution in [2.75, 3.05) is 0 Å². The van der Waals surface area contributed by atoms with Gasteiger partial charge in [0.05, 0.1) is 5.82 Å². The summed E-state index contributed by atoms with van der Waals surface area (Å²) in [6.07, 6.45) is 2.58. The fraction of sp³-hybridized carbons (Fsp3) is 0.385. The van der Waals surface area contributed by atoms with Crippen molar-refractivity contribution in [2.24, 2.45) is 17.4 Å². The Morgan fingerprint density at radius 1 is 1.27 bits per heavy atom. The van der Waals surface area contributed by atoms with Crippen LogP contribution in [0, 0.1) is 12.8 Å². The normalized spacial score (nSPS) is 17.6. The van der Waals surface area contributed by atoms with Gasteiger partial charge in [-0.15, -0.1) is 0 Å². The first-order valence-electron chi connectivity index (χ1n) is 5.27. The maximum atomic E-state index is 4.69. The third-order valence-electron chi connectivity index (χ3n) is 2.50. The Bertz CT molecular complexity index is 352. The molecule has 1 aliphatic carbocycles. The molecule has 0 fully saturated rings. The number of fused-ring (bicyclic) bond motifs is 1.